The molecule has 0 radical (unpaired) electrons. The summed E-state index contributed by atoms with van der Waals surface area (Å²) in [6.45, 7) is 0.783. The molecule has 0 aliphatic heterocycles. The van der Waals surface area contributed by atoms with Gasteiger partial charge in [-0.2, -0.15) is 5.10 Å². The van der Waals surface area contributed by atoms with Gasteiger partial charge in [-0.1, -0.05) is 35.5 Å². The topological polar surface area (TPSA) is 91.7 Å². The average Bonchev–Trinajstić information content (AvgIpc) is 3.41. The van der Waals surface area contributed by atoms with Crippen LogP contribution in [-0.2, 0) is 18.0 Å². The minimum absolute atomic E-state index is 0.147. The van der Waals surface area contributed by atoms with Crippen LogP contribution in [0.3, 0.4) is 0 Å². The van der Waals surface area contributed by atoms with Crippen LogP contribution in [0.4, 0.5) is 0 Å². The van der Waals surface area contributed by atoms with Crippen molar-refractivity contribution in [2.24, 2.45) is 5.16 Å². The number of oxime groups is 1. The molecule has 9 nitrogen and oxygen atoms in total. The maximum absolute atomic E-state index is 5.36. The molecule has 0 spiro atoms. The number of benzene rings is 2. The van der Waals surface area contributed by atoms with E-state index in [1.54, 1.807) is 30.4 Å². The third-order valence-corrected chi connectivity index (χ3v) is 4.78. The molecule has 0 saturated heterocycles. The summed E-state index contributed by atoms with van der Waals surface area (Å²) in [7, 11) is 1.63. The second-order valence-electron chi connectivity index (χ2n) is 6.85. The lowest BCUT2D eigenvalue weighted by atomic mass is 10.2. The van der Waals surface area contributed by atoms with Crippen molar-refractivity contribution in [2.75, 3.05) is 7.11 Å². The summed E-state index contributed by atoms with van der Waals surface area (Å²) in [6, 6.07) is 17.6. The minimum atomic E-state index is 0.147. The Labute approximate surface area is 177 Å². The lowest BCUT2D eigenvalue weighted by Gasteiger charge is -2.02. The highest BCUT2D eigenvalue weighted by Crippen LogP contribution is 2.17. The summed E-state index contributed by atoms with van der Waals surface area (Å²) >= 11 is 0. The van der Waals surface area contributed by atoms with Gasteiger partial charge in [-0.3, -0.25) is 0 Å². The van der Waals surface area contributed by atoms with Gasteiger partial charge < -0.3 is 9.57 Å². The predicted octanol–water partition coefficient (Wildman–Crippen LogP) is 3.08. The zero-order chi connectivity index (χ0) is 21.0. The van der Waals surface area contributed by atoms with Crippen molar-refractivity contribution in [1.29, 1.82) is 0 Å². The van der Waals surface area contributed by atoms with Crippen LogP contribution in [0.1, 0.15) is 17.0 Å². The third kappa shape index (κ3) is 3.93. The molecule has 5 rings (SSSR count). The molecule has 0 N–H and O–H groups in total. The Bertz CT molecular complexity index is 1340. The second-order valence-corrected chi connectivity index (χ2v) is 6.85. The van der Waals surface area contributed by atoms with Crippen molar-refractivity contribution in [3.8, 4) is 5.75 Å². The molecule has 0 aliphatic carbocycles. The highest BCUT2D eigenvalue weighted by Gasteiger charge is 2.13. The molecule has 2 aromatic carbocycles. The molecule has 9 heteroatoms. The van der Waals surface area contributed by atoms with Crippen LogP contribution in [0.5, 0.6) is 5.75 Å². The van der Waals surface area contributed by atoms with E-state index in [0.717, 1.165) is 27.9 Å². The van der Waals surface area contributed by atoms with E-state index < -0.39 is 0 Å². The molecule has 5 aromatic rings. The van der Waals surface area contributed by atoms with Gasteiger partial charge >= 0.3 is 0 Å². The number of aromatic nitrogens is 6. The number of hydrogen-bond acceptors (Lipinski definition) is 7. The smallest absolute Gasteiger partial charge is 0.192 e. The van der Waals surface area contributed by atoms with E-state index in [0.29, 0.717) is 18.0 Å². The van der Waals surface area contributed by atoms with Crippen molar-refractivity contribution in [2.45, 2.75) is 13.2 Å². The maximum Gasteiger partial charge on any atom is 0.192 e. The van der Waals surface area contributed by atoms with Crippen molar-refractivity contribution in [1.82, 2.24) is 29.4 Å². The number of nitrogens with zero attached hydrogens (tertiary/aromatic N) is 7. The van der Waals surface area contributed by atoms with Gasteiger partial charge in [-0.25, -0.2) is 19.2 Å². The van der Waals surface area contributed by atoms with E-state index in [9.17, 15) is 0 Å². The molecule has 0 saturated carbocycles. The van der Waals surface area contributed by atoms with Crippen LogP contribution >= 0.6 is 0 Å². The van der Waals surface area contributed by atoms with Crippen molar-refractivity contribution >= 4 is 22.9 Å². The highest BCUT2D eigenvalue weighted by molar-refractivity contribution is 5.88. The fraction of sp³-hybridized carbons (Fsp3) is 0.136. The number of hydrogen-bond donors (Lipinski definition) is 0. The maximum atomic E-state index is 5.36. The zero-order valence-electron chi connectivity index (χ0n) is 16.8. The Morgan fingerprint density at radius 1 is 1.03 bits per heavy atom. The highest BCUT2D eigenvalue weighted by atomic mass is 16.6. The van der Waals surface area contributed by atoms with Crippen LogP contribution in [-0.4, -0.2) is 42.7 Å². The Morgan fingerprint density at radius 3 is 2.68 bits per heavy atom. The standard InChI is InChI=1S/C22H19N7O2/c1-30-18-9-7-16(8-10-18)11-25-31-14-20-26-22-19-12-24-28(13-17-5-3-2-4-6-17)21(19)23-15-29(22)27-20/h2-12,15H,13-14H2,1H3/b25-11+. The van der Waals surface area contributed by atoms with E-state index in [2.05, 4.69) is 37.5 Å². The van der Waals surface area contributed by atoms with Crippen LogP contribution in [0.2, 0.25) is 0 Å². The van der Waals surface area contributed by atoms with E-state index in [4.69, 9.17) is 9.57 Å². The number of methoxy groups -OCH3 is 1. The van der Waals surface area contributed by atoms with Crippen LogP contribution in [0.25, 0.3) is 16.7 Å². The normalized spacial score (nSPS) is 11.5. The summed E-state index contributed by atoms with van der Waals surface area (Å²) in [6.07, 6.45) is 5.03. The summed E-state index contributed by atoms with van der Waals surface area (Å²) in [5.74, 6) is 1.30. The molecule has 0 unspecified atom stereocenters. The summed E-state index contributed by atoms with van der Waals surface area (Å²) in [4.78, 5) is 14.4. The first-order valence-electron chi connectivity index (χ1n) is 9.69. The van der Waals surface area contributed by atoms with Gasteiger partial charge in [0.1, 0.15) is 12.1 Å². The first-order valence-corrected chi connectivity index (χ1v) is 9.69. The van der Waals surface area contributed by atoms with Gasteiger partial charge in [0, 0.05) is 0 Å². The largest absolute Gasteiger partial charge is 0.497 e. The molecule has 3 heterocycles. The van der Waals surface area contributed by atoms with E-state index in [1.807, 2.05) is 47.1 Å². The van der Waals surface area contributed by atoms with Gasteiger partial charge in [0.2, 0.25) is 0 Å². The van der Waals surface area contributed by atoms with E-state index >= 15 is 0 Å². The third-order valence-electron chi connectivity index (χ3n) is 4.78. The Kier molecular flexibility index (Phi) is 4.97. The van der Waals surface area contributed by atoms with Crippen molar-refractivity contribution in [3.05, 3.63) is 84.1 Å². The molecule has 0 amide bonds. The predicted molar refractivity (Wildman–Crippen MR) is 115 cm³/mol. The van der Waals surface area contributed by atoms with Crippen molar-refractivity contribution in [3.63, 3.8) is 0 Å². The minimum Gasteiger partial charge on any atom is -0.497 e. The van der Waals surface area contributed by atoms with Gasteiger partial charge in [0.25, 0.3) is 0 Å². The lowest BCUT2D eigenvalue weighted by molar-refractivity contribution is 0.126. The Hall–Kier alpha value is -4.27. The molecule has 31 heavy (non-hydrogen) atoms. The molecule has 0 atom stereocenters. The first kappa shape index (κ1) is 18.7. The van der Waals surface area contributed by atoms with Crippen LogP contribution in [0, 0.1) is 0 Å². The van der Waals surface area contributed by atoms with Crippen LogP contribution in [0.15, 0.2) is 72.3 Å². The summed E-state index contributed by atoms with van der Waals surface area (Å²) in [5, 5.41) is 13.7. The zero-order valence-corrected chi connectivity index (χ0v) is 16.8. The first-order chi connectivity index (χ1) is 15.3. The number of ether oxygens (including phenoxy) is 1. The average molecular weight is 413 g/mol. The molecule has 3 aromatic heterocycles. The fourth-order valence-corrected chi connectivity index (χ4v) is 3.23. The van der Waals surface area contributed by atoms with Gasteiger partial charge in [-0.05, 0) is 35.4 Å². The van der Waals surface area contributed by atoms with E-state index in [-0.39, 0.29) is 6.61 Å². The van der Waals surface area contributed by atoms with E-state index in [1.165, 1.54) is 0 Å². The fourth-order valence-electron chi connectivity index (χ4n) is 3.23. The molecular formula is C22H19N7O2. The summed E-state index contributed by atoms with van der Waals surface area (Å²) in [5.41, 5.74) is 3.50. The number of fused-ring (bicyclic) bond motifs is 3. The van der Waals surface area contributed by atoms with Gasteiger partial charge in [-0.15, -0.1) is 5.10 Å². The van der Waals surface area contributed by atoms with Crippen LogP contribution < -0.4 is 4.74 Å². The second kappa shape index (κ2) is 8.23. The van der Waals surface area contributed by atoms with Gasteiger partial charge in [0.05, 0.1) is 31.5 Å². The molecule has 0 bridgehead atoms. The van der Waals surface area contributed by atoms with Gasteiger partial charge in [0.15, 0.2) is 23.7 Å². The molecule has 154 valence electrons. The molecule has 0 fully saturated rings. The molecule has 0 aliphatic rings. The lowest BCUT2D eigenvalue weighted by Crippen LogP contribution is -2.03. The summed E-state index contributed by atoms with van der Waals surface area (Å²) < 4.78 is 8.62. The quantitative estimate of drug-likeness (QED) is 0.301. The Morgan fingerprint density at radius 2 is 1.87 bits per heavy atom. The monoisotopic (exact) mass is 413 g/mol. The molecular weight excluding hydrogens is 394 g/mol. The van der Waals surface area contributed by atoms with Crippen molar-refractivity contribution < 1.29 is 9.57 Å². The number of rotatable bonds is 7. The SMILES string of the molecule is COc1ccc(/C=N/OCc2nc3c4cnn(Cc5ccccc5)c4ncn3n2)cc1. The Balaban J connectivity index is 1.31.